The van der Waals surface area contributed by atoms with Crippen LogP contribution in [0.4, 0.5) is 0 Å². The summed E-state index contributed by atoms with van der Waals surface area (Å²) in [6.45, 7) is 2.23. The zero-order chi connectivity index (χ0) is 33.1. The third-order valence-electron chi connectivity index (χ3n) is 8.81. The van der Waals surface area contributed by atoms with E-state index in [1.165, 1.54) is 41.7 Å². The van der Waals surface area contributed by atoms with E-state index in [0.717, 1.165) is 18.4 Å². The quantitative estimate of drug-likeness (QED) is 0.135. The van der Waals surface area contributed by atoms with Gasteiger partial charge in [-0.05, 0) is 19.9 Å². The lowest BCUT2D eigenvalue weighted by atomic mass is 9.72. The van der Waals surface area contributed by atoms with E-state index in [1.54, 1.807) is 6.92 Å². The van der Waals surface area contributed by atoms with Gasteiger partial charge in [0.05, 0.1) is 35.0 Å². The Labute approximate surface area is 283 Å². The lowest BCUT2D eigenvalue weighted by molar-refractivity contribution is -0.247. The topological polar surface area (TPSA) is 212 Å². The number of ether oxygens (including phenoxy) is 4. The fourth-order valence-corrected chi connectivity index (χ4v) is 8.89. The molecular weight excluding hydrogens is 678 g/mol. The maximum atomic E-state index is 14.1. The van der Waals surface area contributed by atoms with Crippen molar-refractivity contribution in [3.05, 3.63) is 51.6 Å². The van der Waals surface area contributed by atoms with E-state index in [9.17, 15) is 39.6 Å². The zero-order valence-corrected chi connectivity index (χ0v) is 27.7. The second-order valence-corrected chi connectivity index (χ2v) is 14.5. The molecule has 6 N–H and O–H groups in total. The second kappa shape index (κ2) is 13.6. The minimum Gasteiger partial charge on any atom is -0.507 e. The number of benzene rings is 2. The Hall–Kier alpha value is -2.89. The Bertz CT molecular complexity index is 1620. The predicted molar refractivity (Wildman–Crippen MR) is 171 cm³/mol. The molecule has 6 atom stereocenters. The van der Waals surface area contributed by atoms with Crippen LogP contribution in [0.1, 0.15) is 75.8 Å². The van der Waals surface area contributed by atoms with Crippen LogP contribution >= 0.6 is 35.9 Å². The molecule has 13 nitrogen and oxygen atoms in total. The molecule has 4 aliphatic rings. The van der Waals surface area contributed by atoms with Crippen LogP contribution in [0.3, 0.4) is 0 Å². The molecule has 0 aromatic heterocycles. The standard InChI is InChI=1S/C31H33NO12S2.ClH/c1-12-24(34)16(32)8-19(43-12)44-18-10-31(40,13(2)33)9-15-21(18)28(38)23-22(26(15)36)25(35)14-4-3-5-17(20(14)27(23)37)41-11-42-29(39)30-45-6-7-46-30;/h3-5,12,16,18-19,24,30,34,36,38,40H,6-11,32H2,1-2H3;1H/t12?,16?,18-,19?,24?,31-;/m0./s1. The van der Waals surface area contributed by atoms with Crippen LogP contribution in [0, 0.1) is 0 Å². The monoisotopic (exact) mass is 711 g/mol. The Morgan fingerprint density at radius 2 is 1.77 bits per heavy atom. The first-order valence-electron chi connectivity index (χ1n) is 14.7. The molecule has 4 unspecified atom stereocenters. The summed E-state index contributed by atoms with van der Waals surface area (Å²) in [4.78, 5) is 52.8. The average Bonchev–Trinajstić information content (AvgIpc) is 3.55. The average molecular weight is 712 g/mol. The van der Waals surface area contributed by atoms with Crippen molar-refractivity contribution in [2.45, 2.75) is 73.9 Å². The van der Waals surface area contributed by atoms with Crippen LogP contribution in [0.2, 0.25) is 0 Å². The molecule has 0 saturated carbocycles. The molecular formula is C31H34ClNO12S2. The Kier molecular flexibility index (Phi) is 10.2. The number of thioether (sulfide) groups is 2. The fourth-order valence-electron chi connectivity index (χ4n) is 6.32. The van der Waals surface area contributed by atoms with Gasteiger partial charge < -0.3 is 45.1 Å². The Morgan fingerprint density at radius 3 is 2.43 bits per heavy atom. The van der Waals surface area contributed by atoms with E-state index in [0.29, 0.717) is 0 Å². The number of ketones is 3. The summed E-state index contributed by atoms with van der Waals surface area (Å²) in [6.07, 6.45) is -4.84. The van der Waals surface area contributed by atoms with E-state index in [2.05, 4.69) is 0 Å². The van der Waals surface area contributed by atoms with Gasteiger partial charge in [0.2, 0.25) is 12.6 Å². The number of halogens is 1. The third kappa shape index (κ3) is 6.23. The van der Waals surface area contributed by atoms with Crippen LogP contribution < -0.4 is 10.5 Å². The van der Waals surface area contributed by atoms with Crippen LogP contribution in [-0.4, -0.2) is 96.8 Å². The number of carbonyl (C=O) groups excluding carboxylic acids is 4. The number of Topliss-reactive ketones (excluding diaryl/α,β-unsaturated/α-hetero) is 1. The van der Waals surface area contributed by atoms with Gasteiger partial charge in [-0.25, -0.2) is 4.79 Å². The lowest BCUT2D eigenvalue weighted by Gasteiger charge is -2.42. The molecule has 254 valence electrons. The van der Waals surface area contributed by atoms with Crippen LogP contribution in [0.25, 0.3) is 0 Å². The molecule has 6 rings (SSSR count). The highest BCUT2D eigenvalue weighted by Crippen LogP contribution is 2.52. The fraction of sp³-hybridized carbons (Fsp3) is 0.484. The summed E-state index contributed by atoms with van der Waals surface area (Å²) in [7, 11) is 0. The summed E-state index contributed by atoms with van der Waals surface area (Å²) in [5, 5.41) is 44.7. The Balaban J connectivity index is 0.00000433. The Morgan fingerprint density at radius 1 is 1.09 bits per heavy atom. The first-order chi connectivity index (χ1) is 21.8. The van der Waals surface area contributed by atoms with Crippen molar-refractivity contribution in [3.8, 4) is 17.2 Å². The number of phenols is 2. The number of fused-ring (bicyclic) bond motifs is 3. The van der Waals surface area contributed by atoms with Crippen molar-refractivity contribution in [2.24, 2.45) is 5.73 Å². The van der Waals surface area contributed by atoms with Gasteiger partial charge in [-0.2, -0.15) is 0 Å². The minimum absolute atomic E-state index is 0. The van der Waals surface area contributed by atoms with Crippen LogP contribution in [-0.2, 0) is 30.2 Å². The summed E-state index contributed by atoms with van der Waals surface area (Å²) >= 11 is 2.90. The molecule has 2 aliphatic heterocycles. The number of aromatic hydroxyl groups is 2. The van der Waals surface area contributed by atoms with E-state index in [1.807, 2.05) is 0 Å². The van der Waals surface area contributed by atoms with E-state index in [4.69, 9.17) is 24.7 Å². The molecule has 2 saturated heterocycles. The molecule has 0 bridgehead atoms. The number of aliphatic hydroxyl groups is 2. The van der Waals surface area contributed by atoms with Gasteiger partial charge in [0.15, 0.2) is 17.9 Å². The molecule has 0 spiro atoms. The summed E-state index contributed by atoms with van der Waals surface area (Å²) in [5.74, 6) is -2.58. The summed E-state index contributed by atoms with van der Waals surface area (Å²) in [6, 6.07) is 3.50. The molecule has 0 amide bonds. The first kappa shape index (κ1) is 35.4. The SMILES string of the molecule is CC(=O)[C@]1(O)Cc2c(O)c3c(c(O)c2[C@@H](OC2CC(N)C(O)C(C)O2)C1)C(=O)c1c(OCOC(=O)C2SCCS2)cccc1C3=O.Cl. The molecule has 47 heavy (non-hydrogen) atoms. The smallest absolute Gasteiger partial charge is 0.332 e. The van der Waals surface area contributed by atoms with Crippen LogP contribution in [0.5, 0.6) is 17.2 Å². The van der Waals surface area contributed by atoms with Gasteiger partial charge in [0, 0.05) is 53.5 Å². The van der Waals surface area contributed by atoms with Gasteiger partial charge in [-0.3, -0.25) is 14.4 Å². The van der Waals surface area contributed by atoms with Gasteiger partial charge in [0.1, 0.15) is 27.4 Å². The number of hydrogen-bond donors (Lipinski definition) is 5. The first-order valence-corrected chi connectivity index (χ1v) is 16.8. The summed E-state index contributed by atoms with van der Waals surface area (Å²) < 4.78 is 22.3. The number of hydrogen-bond acceptors (Lipinski definition) is 15. The van der Waals surface area contributed by atoms with Crippen molar-refractivity contribution in [1.29, 1.82) is 0 Å². The van der Waals surface area contributed by atoms with Gasteiger partial charge in [-0.1, -0.05) is 12.1 Å². The number of phenolic OH excluding ortho intramolecular Hbond substituents is 2. The molecule has 2 fully saturated rings. The van der Waals surface area contributed by atoms with Crippen molar-refractivity contribution in [3.63, 3.8) is 0 Å². The molecule has 2 aromatic carbocycles. The molecule has 2 aliphatic carbocycles. The highest BCUT2D eigenvalue weighted by molar-refractivity contribution is 8.21. The zero-order valence-electron chi connectivity index (χ0n) is 25.3. The van der Waals surface area contributed by atoms with Crippen molar-refractivity contribution in [2.75, 3.05) is 18.3 Å². The van der Waals surface area contributed by atoms with Crippen LogP contribution in [0.15, 0.2) is 18.2 Å². The number of esters is 1. The number of rotatable bonds is 7. The summed E-state index contributed by atoms with van der Waals surface area (Å²) in [5.41, 5.74) is 2.45. The van der Waals surface area contributed by atoms with E-state index in [-0.39, 0.29) is 57.8 Å². The van der Waals surface area contributed by atoms with E-state index >= 15 is 0 Å². The highest BCUT2D eigenvalue weighted by atomic mass is 35.5. The number of nitrogens with two attached hydrogens (primary N) is 1. The largest absolute Gasteiger partial charge is 0.507 e. The molecule has 16 heteroatoms. The van der Waals surface area contributed by atoms with Crippen molar-refractivity contribution >= 4 is 59.2 Å². The normalized spacial score (nSPS) is 28.5. The number of carbonyl (C=O) groups is 4. The minimum atomic E-state index is -2.05. The molecule has 2 aromatic rings. The van der Waals surface area contributed by atoms with Gasteiger partial charge in [-0.15, -0.1) is 35.9 Å². The molecule has 0 radical (unpaired) electrons. The van der Waals surface area contributed by atoms with Gasteiger partial charge in [0.25, 0.3) is 0 Å². The van der Waals surface area contributed by atoms with E-state index < -0.39 is 95.4 Å². The third-order valence-corrected chi connectivity index (χ3v) is 11.8. The maximum absolute atomic E-state index is 14.1. The highest BCUT2D eigenvalue weighted by Gasteiger charge is 2.49. The van der Waals surface area contributed by atoms with Crippen molar-refractivity contribution < 1.29 is 58.6 Å². The van der Waals surface area contributed by atoms with Gasteiger partial charge >= 0.3 is 5.97 Å². The lowest BCUT2D eigenvalue weighted by Crippen LogP contribution is -2.52. The predicted octanol–water partition coefficient (Wildman–Crippen LogP) is 2.13. The van der Waals surface area contributed by atoms with Crippen molar-refractivity contribution in [1.82, 2.24) is 0 Å². The maximum Gasteiger partial charge on any atom is 0.332 e. The number of aliphatic hydroxyl groups excluding tert-OH is 1. The molecule has 2 heterocycles. The second-order valence-electron chi connectivity index (χ2n) is 11.7.